The van der Waals surface area contributed by atoms with Crippen LogP contribution in [0.15, 0.2) is 0 Å². The minimum Gasteiger partial charge on any atom is -0.393 e. The quantitative estimate of drug-likeness (QED) is 0.497. The fraction of sp³-hybridized carbons (Fsp3) is 1.00. The summed E-state index contributed by atoms with van der Waals surface area (Å²) in [5.41, 5.74) is 0. The molecule has 98 valence electrons. The normalized spacial score (nSPS) is 15.0. The van der Waals surface area contributed by atoms with E-state index in [1.165, 1.54) is 57.8 Å². The minimum absolute atomic E-state index is 0.114. The number of aliphatic hydroxyl groups is 1. The van der Waals surface area contributed by atoms with Gasteiger partial charge in [-0.15, -0.1) is 0 Å². The van der Waals surface area contributed by atoms with Crippen molar-refractivity contribution in [1.29, 1.82) is 0 Å². The van der Waals surface area contributed by atoms with Crippen molar-refractivity contribution >= 4 is 0 Å². The Morgan fingerprint density at radius 3 is 1.88 bits per heavy atom. The fourth-order valence-electron chi connectivity index (χ4n) is 2.12. The first-order valence-electron chi connectivity index (χ1n) is 7.34. The molecule has 1 N–H and O–H groups in total. The summed E-state index contributed by atoms with van der Waals surface area (Å²) >= 11 is 0. The molecule has 0 aliphatic rings. The zero-order valence-corrected chi connectivity index (χ0v) is 11.7. The summed E-state index contributed by atoms with van der Waals surface area (Å²) in [6.07, 6.45) is 13.2. The van der Waals surface area contributed by atoms with Gasteiger partial charge in [-0.2, -0.15) is 0 Å². The van der Waals surface area contributed by atoms with Gasteiger partial charge >= 0.3 is 0 Å². The number of aliphatic hydroxyl groups excluding tert-OH is 1. The molecular weight excluding hydrogens is 196 g/mol. The fourth-order valence-corrected chi connectivity index (χ4v) is 2.12. The van der Waals surface area contributed by atoms with Crippen molar-refractivity contribution in [2.24, 2.45) is 5.92 Å². The maximum Gasteiger partial charge on any atom is 0.0512 e. The van der Waals surface area contributed by atoms with Crippen LogP contribution in [-0.4, -0.2) is 11.2 Å². The maximum absolute atomic E-state index is 9.19. The second-order valence-corrected chi connectivity index (χ2v) is 5.44. The molecule has 0 saturated heterocycles. The van der Waals surface area contributed by atoms with E-state index >= 15 is 0 Å². The van der Waals surface area contributed by atoms with Crippen molar-refractivity contribution in [3.8, 4) is 0 Å². The first kappa shape index (κ1) is 16.0. The van der Waals surface area contributed by atoms with Crippen LogP contribution in [0, 0.1) is 5.92 Å². The van der Waals surface area contributed by atoms with E-state index < -0.39 is 0 Å². The first-order valence-corrected chi connectivity index (χ1v) is 7.34. The predicted molar refractivity (Wildman–Crippen MR) is 72.7 cm³/mol. The van der Waals surface area contributed by atoms with Gasteiger partial charge in [0.15, 0.2) is 0 Å². The van der Waals surface area contributed by atoms with Crippen LogP contribution in [-0.2, 0) is 0 Å². The van der Waals surface area contributed by atoms with Crippen LogP contribution >= 0.6 is 0 Å². The maximum atomic E-state index is 9.19. The van der Waals surface area contributed by atoms with Gasteiger partial charge in [0.2, 0.25) is 0 Å². The smallest absolute Gasteiger partial charge is 0.0512 e. The standard InChI is InChI=1S/C15H32O/c1-4-5-6-7-8-9-10-11-14(2)12-13-15(3)16/h14-16H,4-13H2,1-3H3. The average molecular weight is 228 g/mol. The molecule has 2 unspecified atom stereocenters. The number of unbranched alkanes of at least 4 members (excludes halogenated alkanes) is 6. The molecule has 0 aromatic heterocycles. The molecule has 0 radical (unpaired) electrons. The Hall–Kier alpha value is -0.0400. The largest absolute Gasteiger partial charge is 0.393 e. The van der Waals surface area contributed by atoms with E-state index in [1.54, 1.807) is 0 Å². The Morgan fingerprint density at radius 2 is 1.31 bits per heavy atom. The molecule has 0 bridgehead atoms. The van der Waals surface area contributed by atoms with Crippen LogP contribution in [0.4, 0.5) is 0 Å². The SMILES string of the molecule is CCCCCCCCCC(C)CCC(C)O. The third-order valence-corrected chi connectivity index (χ3v) is 3.38. The van der Waals surface area contributed by atoms with Crippen LogP contribution in [0.3, 0.4) is 0 Å². The van der Waals surface area contributed by atoms with Gasteiger partial charge in [-0.3, -0.25) is 0 Å². The van der Waals surface area contributed by atoms with Crippen molar-refractivity contribution in [2.75, 3.05) is 0 Å². The Kier molecular flexibility index (Phi) is 11.4. The summed E-state index contributed by atoms with van der Waals surface area (Å²) in [5.74, 6) is 0.797. The highest BCUT2D eigenvalue weighted by Crippen LogP contribution is 2.17. The third-order valence-electron chi connectivity index (χ3n) is 3.38. The van der Waals surface area contributed by atoms with Gasteiger partial charge < -0.3 is 5.11 Å². The molecule has 1 nitrogen and oxygen atoms in total. The average Bonchev–Trinajstić information content (AvgIpc) is 2.25. The molecule has 0 aromatic carbocycles. The molecule has 0 spiro atoms. The summed E-state index contributed by atoms with van der Waals surface area (Å²) in [4.78, 5) is 0. The molecule has 0 amide bonds. The van der Waals surface area contributed by atoms with E-state index in [4.69, 9.17) is 0 Å². The Labute approximate surface area is 103 Å². The molecule has 0 rings (SSSR count). The van der Waals surface area contributed by atoms with Crippen molar-refractivity contribution in [3.05, 3.63) is 0 Å². The molecule has 16 heavy (non-hydrogen) atoms. The van der Waals surface area contributed by atoms with E-state index in [-0.39, 0.29) is 6.10 Å². The summed E-state index contributed by atoms with van der Waals surface area (Å²) < 4.78 is 0. The van der Waals surface area contributed by atoms with Crippen LogP contribution in [0.1, 0.15) is 85.0 Å². The Bertz CT molecular complexity index is 131. The van der Waals surface area contributed by atoms with Crippen LogP contribution < -0.4 is 0 Å². The lowest BCUT2D eigenvalue weighted by atomic mass is 9.96. The van der Waals surface area contributed by atoms with E-state index in [1.807, 2.05) is 6.92 Å². The van der Waals surface area contributed by atoms with Crippen molar-refractivity contribution < 1.29 is 5.11 Å². The summed E-state index contributed by atoms with van der Waals surface area (Å²) in [6.45, 7) is 6.48. The van der Waals surface area contributed by atoms with Gasteiger partial charge in [0.05, 0.1) is 6.10 Å². The van der Waals surface area contributed by atoms with Gasteiger partial charge in [0, 0.05) is 0 Å². The second kappa shape index (κ2) is 11.4. The lowest BCUT2D eigenvalue weighted by Crippen LogP contribution is -2.03. The van der Waals surface area contributed by atoms with Gasteiger partial charge in [0.1, 0.15) is 0 Å². The highest BCUT2D eigenvalue weighted by Gasteiger charge is 2.04. The molecule has 0 fully saturated rings. The highest BCUT2D eigenvalue weighted by atomic mass is 16.3. The Morgan fingerprint density at radius 1 is 0.750 bits per heavy atom. The lowest BCUT2D eigenvalue weighted by molar-refractivity contribution is 0.173. The monoisotopic (exact) mass is 228 g/mol. The van der Waals surface area contributed by atoms with Crippen LogP contribution in [0.25, 0.3) is 0 Å². The topological polar surface area (TPSA) is 20.2 Å². The van der Waals surface area contributed by atoms with E-state index in [0.29, 0.717) is 0 Å². The van der Waals surface area contributed by atoms with Crippen molar-refractivity contribution in [1.82, 2.24) is 0 Å². The van der Waals surface area contributed by atoms with Crippen LogP contribution in [0.2, 0.25) is 0 Å². The number of hydrogen-bond acceptors (Lipinski definition) is 1. The molecule has 1 heteroatoms. The zero-order chi connectivity index (χ0) is 12.2. The zero-order valence-electron chi connectivity index (χ0n) is 11.7. The van der Waals surface area contributed by atoms with E-state index in [2.05, 4.69) is 13.8 Å². The minimum atomic E-state index is -0.114. The molecule has 0 aliphatic heterocycles. The summed E-state index contributed by atoms with van der Waals surface area (Å²) in [7, 11) is 0. The number of hydrogen-bond donors (Lipinski definition) is 1. The van der Waals surface area contributed by atoms with Gasteiger partial charge in [-0.25, -0.2) is 0 Å². The summed E-state index contributed by atoms with van der Waals surface area (Å²) in [6, 6.07) is 0. The van der Waals surface area contributed by atoms with Crippen LogP contribution in [0.5, 0.6) is 0 Å². The van der Waals surface area contributed by atoms with Gasteiger partial charge in [-0.05, 0) is 25.7 Å². The molecular formula is C15H32O. The molecule has 0 heterocycles. The van der Waals surface area contributed by atoms with Crippen molar-refractivity contribution in [2.45, 2.75) is 91.1 Å². The first-order chi connectivity index (χ1) is 7.66. The molecule has 0 saturated carbocycles. The third kappa shape index (κ3) is 12.0. The van der Waals surface area contributed by atoms with Gasteiger partial charge in [-0.1, -0.05) is 65.2 Å². The van der Waals surface area contributed by atoms with Gasteiger partial charge in [0.25, 0.3) is 0 Å². The molecule has 0 aliphatic carbocycles. The molecule has 2 atom stereocenters. The predicted octanol–water partition coefficient (Wildman–Crippen LogP) is 4.92. The Balaban J connectivity index is 3.12. The van der Waals surface area contributed by atoms with E-state index in [0.717, 1.165) is 12.3 Å². The highest BCUT2D eigenvalue weighted by molar-refractivity contribution is 4.57. The number of rotatable bonds is 11. The van der Waals surface area contributed by atoms with E-state index in [9.17, 15) is 5.11 Å². The lowest BCUT2D eigenvalue weighted by Gasteiger charge is -2.12. The second-order valence-electron chi connectivity index (χ2n) is 5.44. The summed E-state index contributed by atoms with van der Waals surface area (Å²) in [5, 5.41) is 9.19. The molecule has 0 aromatic rings. The van der Waals surface area contributed by atoms with Crippen molar-refractivity contribution in [3.63, 3.8) is 0 Å².